The van der Waals surface area contributed by atoms with Gasteiger partial charge >= 0.3 is 23.5 Å². The van der Waals surface area contributed by atoms with Crippen molar-refractivity contribution in [3.63, 3.8) is 0 Å². The zero-order valence-electron chi connectivity index (χ0n) is 29.8. The van der Waals surface area contributed by atoms with Gasteiger partial charge in [-0.1, -0.05) is 37.7 Å². The Bertz CT molecular complexity index is 2150. The van der Waals surface area contributed by atoms with E-state index in [0.717, 1.165) is 29.0 Å². The second-order valence-electron chi connectivity index (χ2n) is 12.5. The number of ether oxygens (including phenoxy) is 1. The number of phosphoric ester groups is 3. The lowest BCUT2D eigenvalue weighted by molar-refractivity contribution is -0.137. The highest BCUT2D eigenvalue weighted by Crippen LogP contribution is 2.61. The highest BCUT2D eigenvalue weighted by Gasteiger charge is 2.45. The summed E-state index contributed by atoms with van der Waals surface area (Å²) in [4.78, 5) is 87.8. The SMILES string of the molecule is CC(C)(COP(=O)(O)OP(=O)(O)OCC1=C(OP(=O)(O)O)[C@@H](O)[C@H](n2cnc3c(N)ncnc32)O1)[C@@H](O)C(=O)NCCC(=O)NCCSC(=O)c1ccccc1N. The van der Waals surface area contributed by atoms with Crippen molar-refractivity contribution in [2.45, 2.75) is 38.7 Å². The molecule has 3 heterocycles. The molecule has 4 rings (SSSR count). The monoisotopic (exact) mass is 884 g/mol. The van der Waals surface area contributed by atoms with Crippen molar-refractivity contribution in [3.8, 4) is 0 Å². The normalized spacial score (nSPS) is 18.7. The molecule has 0 fully saturated rings. The largest absolute Gasteiger partial charge is 0.524 e. The minimum absolute atomic E-state index is 0.000184. The maximum Gasteiger partial charge on any atom is 0.524 e. The molecule has 5 atom stereocenters. The molecule has 314 valence electrons. The van der Waals surface area contributed by atoms with Gasteiger partial charge in [-0.2, -0.15) is 4.31 Å². The first-order valence-electron chi connectivity index (χ1n) is 16.2. The number of rotatable bonds is 20. The van der Waals surface area contributed by atoms with Crippen LogP contribution in [-0.2, 0) is 45.9 Å². The Morgan fingerprint density at radius 2 is 1.70 bits per heavy atom. The molecule has 1 aliphatic heterocycles. The number of aromatic nitrogens is 4. The van der Waals surface area contributed by atoms with E-state index in [1.54, 1.807) is 24.3 Å². The highest BCUT2D eigenvalue weighted by atomic mass is 32.2. The van der Waals surface area contributed by atoms with Crippen molar-refractivity contribution in [1.29, 1.82) is 0 Å². The van der Waals surface area contributed by atoms with Gasteiger partial charge in [-0.25, -0.2) is 28.6 Å². The number of hydrogen-bond donors (Lipinski definition) is 10. The van der Waals surface area contributed by atoms with Gasteiger partial charge in [0.15, 0.2) is 29.1 Å². The van der Waals surface area contributed by atoms with Crippen molar-refractivity contribution >= 4 is 74.8 Å². The number of nitrogens with one attached hydrogen (secondary N) is 2. The van der Waals surface area contributed by atoms with Crippen LogP contribution in [0.1, 0.15) is 36.9 Å². The lowest BCUT2D eigenvalue weighted by Gasteiger charge is -2.29. The van der Waals surface area contributed by atoms with Gasteiger partial charge in [0.2, 0.25) is 23.2 Å². The number of fused-ring (bicyclic) bond motifs is 1. The predicted octanol–water partition coefficient (Wildman–Crippen LogP) is 0.0351. The molecule has 1 aliphatic rings. The average Bonchev–Trinajstić information content (AvgIpc) is 3.68. The van der Waals surface area contributed by atoms with Crippen molar-refractivity contribution in [2.75, 3.05) is 43.5 Å². The summed E-state index contributed by atoms with van der Waals surface area (Å²) in [5.74, 6) is -3.00. The first-order chi connectivity index (χ1) is 26.5. The summed E-state index contributed by atoms with van der Waals surface area (Å²) in [5, 5.41) is 26.0. The minimum Gasteiger partial charge on any atom is -0.465 e. The van der Waals surface area contributed by atoms with E-state index in [-0.39, 0.29) is 47.4 Å². The van der Waals surface area contributed by atoms with E-state index in [1.165, 1.54) is 13.8 Å². The molecule has 25 nitrogen and oxygen atoms in total. The number of phosphoric acid groups is 3. The summed E-state index contributed by atoms with van der Waals surface area (Å²) >= 11 is 0.956. The molecule has 3 aromatic rings. The molecule has 0 spiro atoms. The van der Waals surface area contributed by atoms with Gasteiger partial charge < -0.3 is 51.4 Å². The van der Waals surface area contributed by atoms with Gasteiger partial charge in [-0.15, -0.1) is 0 Å². The molecule has 12 N–H and O–H groups in total. The van der Waals surface area contributed by atoms with Crippen molar-refractivity contribution in [3.05, 3.63) is 54.0 Å². The molecular weight excluding hydrogens is 845 g/mol. The number of thioether (sulfide) groups is 1. The van der Waals surface area contributed by atoms with E-state index in [2.05, 4.69) is 38.9 Å². The van der Waals surface area contributed by atoms with Gasteiger partial charge in [0, 0.05) is 36.4 Å². The third-order valence-corrected chi connectivity index (χ3v) is 11.5. The van der Waals surface area contributed by atoms with Gasteiger partial charge in [0.25, 0.3) is 0 Å². The smallest absolute Gasteiger partial charge is 0.465 e. The third kappa shape index (κ3) is 12.7. The molecule has 0 radical (unpaired) electrons. The van der Waals surface area contributed by atoms with Gasteiger partial charge in [-0.05, 0) is 12.1 Å². The van der Waals surface area contributed by atoms with Crippen LogP contribution in [0.4, 0.5) is 11.5 Å². The van der Waals surface area contributed by atoms with Crippen molar-refractivity contribution in [1.82, 2.24) is 30.2 Å². The zero-order valence-corrected chi connectivity index (χ0v) is 33.3. The highest BCUT2D eigenvalue weighted by molar-refractivity contribution is 8.14. The number of nitrogens with zero attached hydrogens (tertiary/aromatic N) is 4. The summed E-state index contributed by atoms with van der Waals surface area (Å²) in [7, 11) is -16.5. The van der Waals surface area contributed by atoms with Crippen molar-refractivity contribution < 1.29 is 80.5 Å². The first-order valence-corrected chi connectivity index (χ1v) is 21.7. The molecule has 2 aromatic heterocycles. The van der Waals surface area contributed by atoms with Crippen LogP contribution >= 0.6 is 35.2 Å². The van der Waals surface area contributed by atoms with Crippen LogP contribution < -0.4 is 22.1 Å². The number of nitrogen functional groups attached to an aromatic ring is 2. The number of hydrogen-bond acceptors (Lipinski definition) is 19. The Morgan fingerprint density at radius 3 is 2.39 bits per heavy atom. The predicted molar refractivity (Wildman–Crippen MR) is 197 cm³/mol. The molecule has 0 saturated carbocycles. The number of aliphatic hydroxyl groups excluding tert-OH is 2. The first kappa shape index (κ1) is 45.7. The molecular formula is C28H39N8O17P3S. The molecule has 57 heavy (non-hydrogen) atoms. The summed E-state index contributed by atoms with van der Waals surface area (Å²) in [5.41, 5.74) is 10.6. The van der Waals surface area contributed by atoms with Gasteiger partial charge in [0.05, 0.1) is 12.2 Å². The minimum atomic E-state index is -5.61. The fourth-order valence-electron chi connectivity index (χ4n) is 4.74. The van der Waals surface area contributed by atoms with Crippen LogP contribution in [0, 0.1) is 5.41 Å². The fourth-order valence-corrected chi connectivity index (χ4v) is 8.14. The molecule has 0 saturated heterocycles. The number of carbonyl (C=O) groups excluding carboxylic acids is 3. The Balaban J connectivity index is 1.24. The number of imidazole rings is 1. The topological polar surface area (TPSA) is 390 Å². The van der Waals surface area contributed by atoms with E-state index < -0.39 is 83.9 Å². The van der Waals surface area contributed by atoms with Crippen LogP contribution in [-0.4, -0.2) is 110 Å². The summed E-state index contributed by atoms with van der Waals surface area (Å²) in [6.45, 7) is 0.216. The fraction of sp³-hybridized carbons (Fsp3) is 0.429. The van der Waals surface area contributed by atoms with Crippen LogP contribution in [0.5, 0.6) is 0 Å². The molecule has 2 unspecified atom stereocenters. The number of nitrogens with two attached hydrogens (primary N) is 2. The maximum absolute atomic E-state index is 12.7. The Kier molecular flexibility index (Phi) is 15.0. The Labute approximate surface area is 326 Å². The molecule has 0 aliphatic carbocycles. The lowest BCUT2D eigenvalue weighted by Crippen LogP contribution is -2.46. The van der Waals surface area contributed by atoms with E-state index >= 15 is 0 Å². The maximum atomic E-state index is 12.7. The number of carbonyl (C=O) groups is 3. The number of anilines is 2. The lowest BCUT2D eigenvalue weighted by atomic mass is 9.87. The zero-order chi connectivity index (χ0) is 42.3. The van der Waals surface area contributed by atoms with E-state index in [9.17, 15) is 57.9 Å². The van der Waals surface area contributed by atoms with Crippen LogP contribution in [0.2, 0.25) is 0 Å². The van der Waals surface area contributed by atoms with Crippen LogP contribution in [0.3, 0.4) is 0 Å². The second-order valence-corrected chi connectivity index (χ2v) is 17.8. The summed E-state index contributed by atoms with van der Waals surface area (Å²) in [6, 6.07) is 6.53. The number of amides is 2. The van der Waals surface area contributed by atoms with Crippen molar-refractivity contribution in [2.24, 2.45) is 5.41 Å². The van der Waals surface area contributed by atoms with Crippen LogP contribution in [0.25, 0.3) is 11.2 Å². The van der Waals surface area contributed by atoms with Gasteiger partial charge in [-0.3, -0.25) is 37.8 Å². The standard InChI is InChI=1S/C28H39N8O17P3S/c1-28(2,22(39)25(40)32-8-7-18(37)31-9-10-57-27(41)15-5-3-4-6-16(15)29)12-50-56(47,48)53-55(45,46)49-11-17-21(52-54(42,43)44)20(38)26(51-17)36-14-35-19-23(30)33-13-34-24(19)36/h3-6,13-14,20,22,26,38-39H,7-12,29H2,1-2H3,(H,31,37)(H,32,40)(H,45,46)(H,47,48)(H2,30,33,34)(H2,42,43,44)/t20-,22+,26-/m1/s1. The number of para-hydroxylation sites is 1. The van der Waals surface area contributed by atoms with Gasteiger partial charge in [0.1, 0.15) is 30.9 Å². The quantitative estimate of drug-likeness (QED) is 0.0406. The van der Waals surface area contributed by atoms with E-state index in [0.29, 0.717) is 11.3 Å². The Morgan fingerprint density at radius 1 is 1.02 bits per heavy atom. The summed E-state index contributed by atoms with van der Waals surface area (Å²) in [6.07, 6.45) is -3.58. The summed E-state index contributed by atoms with van der Waals surface area (Å²) < 4.78 is 61.7. The number of benzene rings is 1. The third-order valence-electron chi connectivity index (χ3n) is 7.60. The Hall–Kier alpha value is -4.00. The second kappa shape index (κ2) is 18.7. The van der Waals surface area contributed by atoms with E-state index in [4.69, 9.17) is 20.7 Å². The number of aliphatic hydroxyl groups is 2. The molecule has 2 amide bonds. The average molecular weight is 885 g/mol. The molecule has 0 bridgehead atoms. The van der Waals surface area contributed by atoms with Crippen LogP contribution in [0.15, 0.2) is 48.4 Å². The molecule has 1 aromatic carbocycles. The van der Waals surface area contributed by atoms with E-state index in [1.807, 2.05) is 0 Å². The molecule has 29 heteroatoms.